The van der Waals surface area contributed by atoms with Gasteiger partial charge in [-0.2, -0.15) is 5.10 Å². The van der Waals surface area contributed by atoms with Crippen LogP contribution in [0.3, 0.4) is 0 Å². The maximum absolute atomic E-state index is 13.2. The topological polar surface area (TPSA) is 55.9 Å². The molecule has 0 amide bonds. The SMILES string of the molecule is Cc1nn(C)cc1C(CN)Nc1cc(F)ccc1Cl. The Bertz CT molecular complexity index is 582. The minimum atomic E-state index is -0.342. The summed E-state index contributed by atoms with van der Waals surface area (Å²) in [4.78, 5) is 0. The fourth-order valence-electron chi connectivity index (χ4n) is 2.02. The number of hydrogen-bond donors (Lipinski definition) is 2. The quantitative estimate of drug-likeness (QED) is 0.906. The molecular weight excluding hydrogens is 267 g/mol. The van der Waals surface area contributed by atoms with Gasteiger partial charge in [-0.1, -0.05) is 11.6 Å². The Morgan fingerprint density at radius 3 is 2.84 bits per heavy atom. The second-order valence-corrected chi connectivity index (χ2v) is 4.81. The second-order valence-electron chi connectivity index (χ2n) is 4.40. The summed E-state index contributed by atoms with van der Waals surface area (Å²) in [5.74, 6) is -0.342. The second kappa shape index (κ2) is 5.59. The number of nitrogens with zero attached hydrogens (tertiary/aromatic N) is 2. The van der Waals surface area contributed by atoms with Crippen molar-refractivity contribution in [2.24, 2.45) is 12.8 Å². The highest BCUT2D eigenvalue weighted by atomic mass is 35.5. The average molecular weight is 283 g/mol. The van der Waals surface area contributed by atoms with Crippen LogP contribution in [0.25, 0.3) is 0 Å². The van der Waals surface area contributed by atoms with Crippen molar-refractivity contribution in [2.75, 3.05) is 11.9 Å². The third kappa shape index (κ3) is 3.05. The van der Waals surface area contributed by atoms with Gasteiger partial charge in [0, 0.05) is 25.4 Å². The standard InChI is InChI=1S/C13H16ClFN4/c1-8-10(7-19(2)18-8)13(6-16)17-12-5-9(15)3-4-11(12)14/h3-5,7,13,17H,6,16H2,1-2H3. The van der Waals surface area contributed by atoms with Gasteiger partial charge in [0.2, 0.25) is 0 Å². The molecule has 1 heterocycles. The summed E-state index contributed by atoms with van der Waals surface area (Å²) < 4.78 is 15.0. The van der Waals surface area contributed by atoms with E-state index in [9.17, 15) is 4.39 Å². The van der Waals surface area contributed by atoms with Crippen LogP contribution >= 0.6 is 11.6 Å². The molecule has 0 saturated carbocycles. The molecule has 4 nitrogen and oxygen atoms in total. The number of nitrogens with two attached hydrogens (primary N) is 1. The first-order valence-electron chi connectivity index (χ1n) is 5.93. The third-order valence-electron chi connectivity index (χ3n) is 2.92. The van der Waals surface area contributed by atoms with Gasteiger partial charge in [0.25, 0.3) is 0 Å². The number of nitrogens with one attached hydrogen (secondary N) is 1. The van der Waals surface area contributed by atoms with Crippen molar-refractivity contribution in [3.8, 4) is 0 Å². The van der Waals surface area contributed by atoms with Gasteiger partial charge in [0.1, 0.15) is 5.82 Å². The first kappa shape index (κ1) is 13.8. The van der Waals surface area contributed by atoms with Gasteiger partial charge >= 0.3 is 0 Å². The smallest absolute Gasteiger partial charge is 0.125 e. The average Bonchev–Trinajstić information content (AvgIpc) is 2.69. The summed E-state index contributed by atoms with van der Waals surface area (Å²) >= 11 is 6.04. The molecule has 0 spiro atoms. The van der Waals surface area contributed by atoms with Gasteiger partial charge in [-0.05, 0) is 25.1 Å². The molecule has 3 N–H and O–H groups in total. The van der Waals surface area contributed by atoms with Crippen LogP contribution in [-0.2, 0) is 7.05 Å². The number of rotatable bonds is 4. The Morgan fingerprint density at radius 2 is 2.26 bits per heavy atom. The molecule has 0 radical (unpaired) electrons. The Balaban J connectivity index is 2.29. The van der Waals surface area contributed by atoms with Crippen LogP contribution in [0, 0.1) is 12.7 Å². The number of anilines is 1. The Hall–Kier alpha value is -1.59. The Morgan fingerprint density at radius 1 is 1.53 bits per heavy atom. The van der Waals surface area contributed by atoms with Gasteiger partial charge in [-0.25, -0.2) is 4.39 Å². The summed E-state index contributed by atoms with van der Waals surface area (Å²) in [5.41, 5.74) is 8.17. The lowest BCUT2D eigenvalue weighted by molar-refractivity contribution is 0.627. The summed E-state index contributed by atoms with van der Waals surface area (Å²) in [6.07, 6.45) is 1.90. The molecule has 1 aromatic carbocycles. The zero-order chi connectivity index (χ0) is 14.0. The van der Waals surface area contributed by atoms with Crippen LogP contribution in [-0.4, -0.2) is 16.3 Å². The highest BCUT2D eigenvalue weighted by Gasteiger charge is 2.16. The first-order valence-corrected chi connectivity index (χ1v) is 6.31. The van der Waals surface area contributed by atoms with Gasteiger partial charge in [0.05, 0.1) is 22.4 Å². The predicted molar refractivity (Wildman–Crippen MR) is 74.8 cm³/mol. The predicted octanol–water partition coefficient (Wildman–Crippen LogP) is 2.63. The zero-order valence-corrected chi connectivity index (χ0v) is 11.6. The minimum absolute atomic E-state index is 0.159. The van der Waals surface area contributed by atoms with E-state index in [1.807, 2.05) is 20.2 Å². The maximum Gasteiger partial charge on any atom is 0.125 e. The van der Waals surface area contributed by atoms with Crippen LogP contribution in [0.5, 0.6) is 0 Å². The van der Waals surface area contributed by atoms with Crippen molar-refractivity contribution in [3.63, 3.8) is 0 Å². The third-order valence-corrected chi connectivity index (χ3v) is 3.25. The maximum atomic E-state index is 13.2. The minimum Gasteiger partial charge on any atom is -0.376 e. The number of aryl methyl sites for hydroxylation is 2. The highest BCUT2D eigenvalue weighted by molar-refractivity contribution is 6.33. The van der Waals surface area contributed by atoms with Gasteiger partial charge < -0.3 is 11.1 Å². The van der Waals surface area contributed by atoms with Crippen molar-refractivity contribution in [3.05, 3.63) is 46.5 Å². The number of halogens is 2. The summed E-state index contributed by atoms with van der Waals surface area (Å²) in [6, 6.07) is 4.04. The highest BCUT2D eigenvalue weighted by Crippen LogP contribution is 2.27. The fourth-order valence-corrected chi connectivity index (χ4v) is 2.19. The molecule has 0 aliphatic carbocycles. The van der Waals surface area contributed by atoms with E-state index >= 15 is 0 Å². The zero-order valence-electron chi connectivity index (χ0n) is 10.8. The molecule has 0 bridgehead atoms. The molecule has 0 saturated heterocycles. The first-order chi connectivity index (χ1) is 9.01. The van der Waals surface area contributed by atoms with E-state index in [1.54, 1.807) is 4.68 Å². The molecule has 0 aliphatic heterocycles. The van der Waals surface area contributed by atoms with E-state index in [1.165, 1.54) is 18.2 Å². The van der Waals surface area contributed by atoms with Gasteiger partial charge in [0.15, 0.2) is 0 Å². The van der Waals surface area contributed by atoms with Crippen molar-refractivity contribution in [1.29, 1.82) is 0 Å². The molecule has 1 aromatic heterocycles. The van der Waals surface area contributed by atoms with Crippen molar-refractivity contribution >= 4 is 17.3 Å². The molecule has 19 heavy (non-hydrogen) atoms. The summed E-state index contributed by atoms with van der Waals surface area (Å²) in [7, 11) is 1.85. The Labute approximate surface area is 116 Å². The van der Waals surface area contributed by atoms with Crippen molar-refractivity contribution in [1.82, 2.24) is 9.78 Å². The molecule has 0 fully saturated rings. The molecule has 1 unspecified atom stereocenters. The van der Waals surface area contributed by atoms with Crippen LogP contribution in [0.1, 0.15) is 17.3 Å². The molecule has 2 aromatic rings. The molecule has 6 heteroatoms. The molecule has 1 atom stereocenters. The summed E-state index contributed by atoms with van der Waals surface area (Å²) in [5, 5.41) is 7.89. The molecule has 0 aliphatic rings. The normalized spacial score (nSPS) is 12.5. The van der Waals surface area contributed by atoms with E-state index in [0.29, 0.717) is 17.3 Å². The lowest BCUT2D eigenvalue weighted by atomic mass is 10.1. The fraction of sp³-hybridized carbons (Fsp3) is 0.308. The largest absolute Gasteiger partial charge is 0.376 e. The lowest BCUT2D eigenvalue weighted by Gasteiger charge is -2.18. The van der Waals surface area contributed by atoms with Crippen molar-refractivity contribution < 1.29 is 4.39 Å². The van der Waals surface area contributed by atoms with E-state index in [4.69, 9.17) is 17.3 Å². The van der Waals surface area contributed by atoms with Crippen LogP contribution < -0.4 is 11.1 Å². The molecule has 2 rings (SSSR count). The molecule has 102 valence electrons. The lowest BCUT2D eigenvalue weighted by Crippen LogP contribution is -2.21. The van der Waals surface area contributed by atoms with Crippen molar-refractivity contribution in [2.45, 2.75) is 13.0 Å². The number of hydrogen-bond acceptors (Lipinski definition) is 3. The van der Waals surface area contributed by atoms with E-state index in [0.717, 1.165) is 11.3 Å². The van der Waals surface area contributed by atoms with Gasteiger partial charge in [-0.15, -0.1) is 0 Å². The van der Waals surface area contributed by atoms with E-state index < -0.39 is 0 Å². The monoisotopic (exact) mass is 282 g/mol. The van der Waals surface area contributed by atoms with Crippen LogP contribution in [0.2, 0.25) is 5.02 Å². The Kier molecular flexibility index (Phi) is 4.07. The number of benzene rings is 1. The number of aromatic nitrogens is 2. The van der Waals surface area contributed by atoms with Gasteiger partial charge in [-0.3, -0.25) is 4.68 Å². The summed E-state index contributed by atoms with van der Waals surface area (Å²) in [6.45, 7) is 2.27. The van der Waals surface area contributed by atoms with E-state index in [-0.39, 0.29) is 11.9 Å². The van der Waals surface area contributed by atoms with E-state index in [2.05, 4.69) is 10.4 Å². The molecular formula is C13H16ClFN4. The van der Waals surface area contributed by atoms with Crippen LogP contribution in [0.15, 0.2) is 24.4 Å². The van der Waals surface area contributed by atoms with Crippen LogP contribution in [0.4, 0.5) is 10.1 Å².